The zero-order valence-corrected chi connectivity index (χ0v) is 12.3. The van der Waals surface area contributed by atoms with E-state index >= 15 is 0 Å². The first-order valence-electron chi connectivity index (χ1n) is 4.56. The van der Waals surface area contributed by atoms with E-state index in [0.717, 1.165) is 0 Å². The summed E-state index contributed by atoms with van der Waals surface area (Å²) >= 11 is 1.82. The fourth-order valence-electron chi connectivity index (χ4n) is 1.58. The molecule has 1 aliphatic heterocycles. The van der Waals surface area contributed by atoms with Crippen molar-refractivity contribution in [1.29, 1.82) is 0 Å². The first kappa shape index (κ1) is 11.0. The third kappa shape index (κ3) is 2.04. The van der Waals surface area contributed by atoms with Crippen LogP contribution < -0.4 is 5.32 Å². The van der Waals surface area contributed by atoms with Gasteiger partial charge < -0.3 is 5.32 Å². The maximum Gasteiger partial charge on any atom is 0.0526 e. The quantitative estimate of drug-likeness (QED) is 0.572. The van der Waals surface area contributed by atoms with Gasteiger partial charge in [-0.1, -0.05) is 36.0 Å². The van der Waals surface area contributed by atoms with Gasteiger partial charge in [0.05, 0.1) is 11.4 Å². The monoisotopic (exact) mass is 408 g/mol. The summed E-state index contributed by atoms with van der Waals surface area (Å²) < 4.78 is 0. The van der Waals surface area contributed by atoms with Gasteiger partial charge in [0.2, 0.25) is 0 Å². The minimum Gasteiger partial charge on any atom is -0.354 e. The van der Waals surface area contributed by atoms with E-state index in [9.17, 15) is 0 Å². The van der Waals surface area contributed by atoms with E-state index in [1.165, 1.54) is 21.2 Å². The molecule has 0 saturated heterocycles. The largest absolute Gasteiger partial charge is 0.354 e. The van der Waals surface area contributed by atoms with Crippen LogP contribution in [0.15, 0.2) is 58.3 Å². The van der Waals surface area contributed by atoms with E-state index in [1.54, 1.807) is 0 Å². The normalized spacial score (nSPS) is 11.7. The number of hydrogen-bond acceptors (Lipinski definition) is 2. The summed E-state index contributed by atoms with van der Waals surface area (Å²) in [5, 5.41) is 3.42. The number of fused-ring (bicyclic) bond motifs is 2. The van der Waals surface area contributed by atoms with Crippen LogP contribution in [0.4, 0.5) is 11.4 Å². The molecule has 3 radical (unpaired) electrons. The SMILES string of the molecule is [Bi].c1ccc2c(c1)Nc1ccccc1S2. The summed E-state index contributed by atoms with van der Waals surface area (Å²) in [6.45, 7) is 0. The molecule has 73 valence electrons. The molecule has 1 aliphatic rings. The molecule has 0 fully saturated rings. The summed E-state index contributed by atoms with van der Waals surface area (Å²) in [5.74, 6) is 0. The predicted molar refractivity (Wildman–Crippen MR) is 66.0 cm³/mol. The van der Waals surface area contributed by atoms with Crippen molar-refractivity contribution in [3.8, 4) is 0 Å². The van der Waals surface area contributed by atoms with Crippen molar-refractivity contribution < 1.29 is 0 Å². The molecule has 0 amide bonds. The summed E-state index contributed by atoms with van der Waals surface area (Å²) in [4.78, 5) is 2.59. The van der Waals surface area contributed by atoms with E-state index < -0.39 is 0 Å². The number of benzene rings is 2. The topological polar surface area (TPSA) is 12.0 Å². The van der Waals surface area contributed by atoms with E-state index in [0.29, 0.717) is 0 Å². The Kier molecular flexibility index (Phi) is 3.33. The van der Waals surface area contributed by atoms with E-state index in [4.69, 9.17) is 0 Å². The Morgan fingerprint density at radius 1 is 0.733 bits per heavy atom. The van der Waals surface area contributed by atoms with Crippen LogP contribution in [0.5, 0.6) is 0 Å². The molecule has 0 bridgehead atoms. The molecule has 1 heterocycles. The minimum absolute atomic E-state index is 0. The van der Waals surface area contributed by atoms with Crippen LogP contribution in [0.2, 0.25) is 0 Å². The molecule has 1 nitrogen and oxygen atoms in total. The maximum atomic E-state index is 3.42. The van der Waals surface area contributed by atoms with Crippen LogP contribution in [0, 0.1) is 0 Å². The molecule has 15 heavy (non-hydrogen) atoms. The number of anilines is 2. The van der Waals surface area contributed by atoms with Gasteiger partial charge in [0, 0.05) is 36.0 Å². The summed E-state index contributed by atoms with van der Waals surface area (Å²) in [6.07, 6.45) is 0. The second-order valence-electron chi connectivity index (χ2n) is 3.22. The van der Waals surface area contributed by atoms with Gasteiger partial charge in [-0.15, -0.1) is 0 Å². The Balaban J connectivity index is 0.000000853. The third-order valence-electron chi connectivity index (χ3n) is 2.26. The summed E-state index contributed by atoms with van der Waals surface area (Å²) in [7, 11) is 0. The summed E-state index contributed by atoms with van der Waals surface area (Å²) in [5.41, 5.74) is 2.41. The van der Waals surface area contributed by atoms with Gasteiger partial charge in [0.1, 0.15) is 0 Å². The number of para-hydroxylation sites is 2. The van der Waals surface area contributed by atoms with Crippen molar-refractivity contribution in [2.75, 3.05) is 5.32 Å². The Morgan fingerprint density at radius 3 is 1.73 bits per heavy atom. The Morgan fingerprint density at radius 2 is 1.20 bits per heavy atom. The average Bonchev–Trinajstić information content (AvgIpc) is 2.26. The van der Waals surface area contributed by atoms with Crippen LogP contribution in [0.1, 0.15) is 0 Å². The van der Waals surface area contributed by atoms with Crippen molar-refractivity contribution in [3.05, 3.63) is 48.5 Å². The van der Waals surface area contributed by atoms with Gasteiger partial charge in [-0.25, -0.2) is 0 Å². The Labute approximate surface area is 112 Å². The fraction of sp³-hybridized carbons (Fsp3) is 0. The smallest absolute Gasteiger partial charge is 0.0526 e. The van der Waals surface area contributed by atoms with Crippen LogP contribution in [-0.2, 0) is 0 Å². The van der Waals surface area contributed by atoms with Crippen LogP contribution in [0.25, 0.3) is 0 Å². The molecule has 0 aromatic heterocycles. The molecule has 0 saturated carbocycles. The second kappa shape index (κ2) is 4.55. The molecule has 0 aliphatic carbocycles. The van der Waals surface area contributed by atoms with Crippen LogP contribution in [0.3, 0.4) is 0 Å². The number of hydrogen-bond donors (Lipinski definition) is 1. The van der Waals surface area contributed by atoms with Gasteiger partial charge in [0.25, 0.3) is 0 Å². The van der Waals surface area contributed by atoms with Gasteiger partial charge in [-0.05, 0) is 24.3 Å². The van der Waals surface area contributed by atoms with Crippen LogP contribution >= 0.6 is 11.8 Å². The van der Waals surface area contributed by atoms with Crippen LogP contribution in [-0.4, -0.2) is 26.2 Å². The predicted octanol–water partition coefficient (Wildman–Crippen LogP) is 3.51. The van der Waals surface area contributed by atoms with E-state index in [1.807, 2.05) is 11.8 Å². The minimum atomic E-state index is 0. The number of rotatable bonds is 0. The molecule has 3 heteroatoms. The Hall–Kier alpha value is -0.527. The third-order valence-corrected chi connectivity index (χ3v) is 3.42. The molecular formula is C12H9BiNS. The van der Waals surface area contributed by atoms with Crippen molar-refractivity contribution >= 4 is 49.3 Å². The molecule has 0 atom stereocenters. The average molecular weight is 408 g/mol. The van der Waals surface area contributed by atoms with Crippen molar-refractivity contribution in [2.24, 2.45) is 0 Å². The zero-order valence-electron chi connectivity index (χ0n) is 7.97. The zero-order chi connectivity index (χ0) is 9.38. The number of nitrogens with one attached hydrogen (secondary N) is 1. The van der Waals surface area contributed by atoms with Gasteiger partial charge in [-0.3, -0.25) is 0 Å². The standard InChI is InChI=1S/C12H9NS.Bi/c1-3-7-11-9(5-1)13-10-6-2-4-8-12(10)14-11;/h1-8,13H;. The maximum absolute atomic E-state index is 3.42. The second-order valence-corrected chi connectivity index (χ2v) is 4.30. The molecule has 2 aromatic carbocycles. The molecular weight excluding hydrogens is 399 g/mol. The van der Waals surface area contributed by atoms with Gasteiger partial charge in [-0.2, -0.15) is 0 Å². The van der Waals surface area contributed by atoms with Gasteiger partial charge >= 0.3 is 0 Å². The first-order chi connectivity index (χ1) is 6.93. The fourth-order valence-corrected chi connectivity index (χ4v) is 2.57. The first-order valence-corrected chi connectivity index (χ1v) is 5.38. The van der Waals surface area contributed by atoms with Crippen molar-refractivity contribution in [2.45, 2.75) is 9.79 Å². The molecule has 1 N–H and O–H groups in total. The van der Waals surface area contributed by atoms with Crippen molar-refractivity contribution in [1.82, 2.24) is 0 Å². The molecule has 0 spiro atoms. The molecule has 2 aromatic rings. The van der Waals surface area contributed by atoms with E-state index in [2.05, 4.69) is 53.8 Å². The van der Waals surface area contributed by atoms with Gasteiger partial charge in [0.15, 0.2) is 0 Å². The van der Waals surface area contributed by atoms with E-state index in [-0.39, 0.29) is 26.2 Å². The van der Waals surface area contributed by atoms with Crippen molar-refractivity contribution in [3.63, 3.8) is 0 Å². The molecule has 0 unspecified atom stereocenters. The molecule has 3 rings (SSSR count). The summed E-state index contributed by atoms with van der Waals surface area (Å²) in [6, 6.07) is 16.8. The Bertz CT molecular complexity index is 397.